The highest BCUT2D eigenvalue weighted by molar-refractivity contribution is 5.21. The first kappa shape index (κ1) is 13.6. The summed E-state index contributed by atoms with van der Waals surface area (Å²) < 4.78 is 39.3. The van der Waals surface area contributed by atoms with Gasteiger partial charge in [0.1, 0.15) is 5.82 Å². The molecule has 0 aliphatic rings. The van der Waals surface area contributed by atoms with Crippen LogP contribution in [0.25, 0.3) is 0 Å². The van der Waals surface area contributed by atoms with Crippen LogP contribution in [-0.2, 0) is 6.54 Å². The second-order valence-corrected chi connectivity index (χ2v) is 4.37. The van der Waals surface area contributed by atoms with E-state index in [0.717, 1.165) is 11.6 Å². The molecule has 2 aromatic rings. The molecule has 1 nitrogen and oxygen atoms in total. The largest absolute Gasteiger partial charge is 0.306 e. The van der Waals surface area contributed by atoms with Gasteiger partial charge in [0.15, 0.2) is 11.6 Å². The maximum atomic E-state index is 13.4. The van der Waals surface area contributed by atoms with Gasteiger partial charge in [0, 0.05) is 18.2 Å². The molecular formula is C15H14F3N. The lowest BCUT2D eigenvalue weighted by Crippen LogP contribution is -2.19. The van der Waals surface area contributed by atoms with Gasteiger partial charge in [-0.15, -0.1) is 0 Å². The Morgan fingerprint density at radius 1 is 1.00 bits per heavy atom. The molecule has 4 heteroatoms. The highest BCUT2D eigenvalue weighted by Gasteiger charge is 2.09. The highest BCUT2D eigenvalue weighted by Crippen LogP contribution is 2.15. The first-order valence-electron chi connectivity index (χ1n) is 5.99. The van der Waals surface area contributed by atoms with E-state index in [4.69, 9.17) is 0 Å². The second kappa shape index (κ2) is 5.89. The van der Waals surface area contributed by atoms with Crippen LogP contribution in [0.1, 0.15) is 24.1 Å². The fourth-order valence-electron chi connectivity index (χ4n) is 1.82. The minimum atomic E-state index is -0.853. The van der Waals surface area contributed by atoms with Crippen LogP contribution in [0.15, 0.2) is 42.5 Å². The first-order valence-corrected chi connectivity index (χ1v) is 5.99. The predicted molar refractivity (Wildman–Crippen MR) is 68.0 cm³/mol. The summed E-state index contributed by atoms with van der Waals surface area (Å²) in [4.78, 5) is 0. The molecule has 0 spiro atoms. The molecule has 0 saturated carbocycles. The standard InChI is InChI=1S/C15H14F3N/c1-10(11-5-7-13(16)8-6-11)19-9-12-3-2-4-14(17)15(12)18/h2-8,10,19H,9H2,1H3/t10-/m1/s1. The summed E-state index contributed by atoms with van der Waals surface area (Å²) in [6, 6.07) is 10.1. The average molecular weight is 265 g/mol. The predicted octanol–water partition coefficient (Wildman–Crippen LogP) is 3.95. The Labute approximate surface area is 110 Å². The molecule has 2 aromatic carbocycles. The molecular weight excluding hydrogens is 251 g/mol. The van der Waals surface area contributed by atoms with E-state index in [9.17, 15) is 13.2 Å². The Morgan fingerprint density at radius 3 is 2.37 bits per heavy atom. The molecule has 1 N–H and O–H groups in total. The highest BCUT2D eigenvalue weighted by atomic mass is 19.2. The van der Waals surface area contributed by atoms with Crippen molar-refractivity contribution in [2.24, 2.45) is 0 Å². The quantitative estimate of drug-likeness (QED) is 0.882. The number of hydrogen-bond acceptors (Lipinski definition) is 1. The van der Waals surface area contributed by atoms with E-state index in [0.29, 0.717) is 0 Å². The fourth-order valence-corrected chi connectivity index (χ4v) is 1.82. The van der Waals surface area contributed by atoms with Crippen molar-refractivity contribution in [2.75, 3.05) is 0 Å². The normalized spacial score (nSPS) is 12.4. The van der Waals surface area contributed by atoms with Crippen LogP contribution in [0.2, 0.25) is 0 Å². The molecule has 0 aromatic heterocycles. The lowest BCUT2D eigenvalue weighted by molar-refractivity contribution is 0.484. The molecule has 0 unspecified atom stereocenters. The lowest BCUT2D eigenvalue weighted by Gasteiger charge is -2.14. The zero-order valence-corrected chi connectivity index (χ0v) is 10.5. The van der Waals surface area contributed by atoms with Crippen molar-refractivity contribution in [1.29, 1.82) is 0 Å². The van der Waals surface area contributed by atoms with Crippen LogP contribution in [-0.4, -0.2) is 0 Å². The van der Waals surface area contributed by atoms with Crippen molar-refractivity contribution < 1.29 is 13.2 Å². The van der Waals surface area contributed by atoms with E-state index in [-0.39, 0.29) is 24.0 Å². The van der Waals surface area contributed by atoms with E-state index >= 15 is 0 Å². The summed E-state index contributed by atoms with van der Waals surface area (Å²) in [6.07, 6.45) is 0. The van der Waals surface area contributed by atoms with Gasteiger partial charge in [0.2, 0.25) is 0 Å². The molecule has 0 radical (unpaired) electrons. The number of nitrogens with one attached hydrogen (secondary N) is 1. The van der Waals surface area contributed by atoms with Crippen molar-refractivity contribution in [3.8, 4) is 0 Å². The van der Waals surface area contributed by atoms with Crippen LogP contribution < -0.4 is 5.32 Å². The topological polar surface area (TPSA) is 12.0 Å². The van der Waals surface area contributed by atoms with E-state index < -0.39 is 11.6 Å². The van der Waals surface area contributed by atoms with Crippen molar-refractivity contribution in [3.63, 3.8) is 0 Å². The zero-order valence-electron chi connectivity index (χ0n) is 10.5. The molecule has 0 amide bonds. The maximum absolute atomic E-state index is 13.4. The summed E-state index contributed by atoms with van der Waals surface area (Å²) >= 11 is 0. The maximum Gasteiger partial charge on any atom is 0.163 e. The minimum absolute atomic E-state index is 0.0803. The molecule has 100 valence electrons. The summed E-state index contributed by atoms with van der Waals surface area (Å²) in [5, 5.41) is 3.07. The van der Waals surface area contributed by atoms with Crippen LogP contribution in [0.4, 0.5) is 13.2 Å². The van der Waals surface area contributed by atoms with Gasteiger partial charge in [-0.1, -0.05) is 24.3 Å². The third kappa shape index (κ3) is 3.35. The molecule has 1 atom stereocenters. The van der Waals surface area contributed by atoms with Gasteiger partial charge >= 0.3 is 0 Å². The monoisotopic (exact) mass is 265 g/mol. The van der Waals surface area contributed by atoms with Crippen LogP contribution in [0.3, 0.4) is 0 Å². The molecule has 0 bridgehead atoms. The van der Waals surface area contributed by atoms with Crippen LogP contribution in [0.5, 0.6) is 0 Å². The number of halogens is 3. The van der Waals surface area contributed by atoms with Crippen LogP contribution >= 0.6 is 0 Å². The van der Waals surface area contributed by atoms with Crippen molar-refractivity contribution in [1.82, 2.24) is 5.32 Å². The fraction of sp³-hybridized carbons (Fsp3) is 0.200. The molecule has 0 saturated heterocycles. The second-order valence-electron chi connectivity index (χ2n) is 4.37. The summed E-state index contributed by atoms with van der Waals surface area (Å²) in [6.45, 7) is 2.09. The zero-order chi connectivity index (χ0) is 13.8. The smallest absolute Gasteiger partial charge is 0.163 e. The van der Waals surface area contributed by atoms with E-state index in [1.165, 1.54) is 24.3 Å². The molecule has 2 rings (SSSR count). The Bertz CT molecular complexity index is 552. The Balaban J connectivity index is 2.02. The number of rotatable bonds is 4. The minimum Gasteiger partial charge on any atom is -0.306 e. The average Bonchev–Trinajstić information content (AvgIpc) is 2.41. The molecule has 0 heterocycles. The Morgan fingerprint density at radius 2 is 1.68 bits per heavy atom. The molecule has 19 heavy (non-hydrogen) atoms. The Kier molecular flexibility index (Phi) is 4.22. The third-order valence-electron chi connectivity index (χ3n) is 3.00. The van der Waals surface area contributed by atoms with Crippen molar-refractivity contribution in [3.05, 3.63) is 71.0 Å². The van der Waals surface area contributed by atoms with Gasteiger partial charge in [-0.25, -0.2) is 13.2 Å². The van der Waals surface area contributed by atoms with E-state index in [2.05, 4.69) is 5.32 Å². The van der Waals surface area contributed by atoms with E-state index in [1.54, 1.807) is 12.1 Å². The van der Waals surface area contributed by atoms with Gasteiger partial charge < -0.3 is 5.32 Å². The van der Waals surface area contributed by atoms with Crippen molar-refractivity contribution >= 4 is 0 Å². The van der Waals surface area contributed by atoms with Crippen LogP contribution in [0, 0.1) is 17.5 Å². The first-order chi connectivity index (χ1) is 9.08. The summed E-state index contributed by atoms with van der Waals surface area (Å²) in [5.74, 6) is -1.98. The van der Waals surface area contributed by atoms with Gasteiger partial charge in [0.05, 0.1) is 0 Å². The summed E-state index contributed by atoms with van der Waals surface area (Å²) in [7, 11) is 0. The van der Waals surface area contributed by atoms with Crippen molar-refractivity contribution in [2.45, 2.75) is 19.5 Å². The number of benzene rings is 2. The van der Waals surface area contributed by atoms with Gasteiger partial charge in [-0.3, -0.25) is 0 Å². The molecule has 0 fully saturated rings. The SMILES string of the molecule is C[C@@H](NCc1cccc(F)c1F)c1ccc(F)cc1. The van der Waals surface area contributed by atoms with Gasteiger partial charge in [-0.05, 0) is 30.7 Å². The van der Waals surface area contributed by atoms with Gasteiger partial charge in [-0.2, -0.15) is 0 Å². The number of hydrogen-bond donors (Lipinski definition) is 1. The van der Waals surface area contributed by atoms with E-state index in [1.807, 2.05) is 6.92 Å². The lowest BCUT2D eigenvalue weighted by atomic mass is 10.1. The molecule has 0 aliphatic heterocycles. The third-order valence-corrected chi connectivity index (χ3v) is 3.00. The van der Waals surface area contributed by atoms with Gasteiger partial charge in [0.25, 0.3) is 0 Å². The Hall–Kier alpha value is -1.81. The summed E-state index contributed by atoms with van der Waals surface area (Å²) in [5.41, 5.74) is 1.16. The molecule has 0 aliphatic carbocycles.